The molecule has 6 nitrogen and oxygen atoms in total. The van der Waals surface area contributed by atoms with Gasteiger partial charge in [-0.1, -0.05) is 0 Å². The van der Waals surface area contributed by atoms with Crippen molar-refractivity contribution in [2.45, 2.75) is 6.42 Å². The Labute approximate surface area is 122 Å². The maximum atomic E-state index is 13.3. The van der Waals surface area contributed by atoms with Gasteiger partial charge in [-0.25, -0.2) is 4.39 Å². The number of fused-ring (bicyclic) bond motifs is 1. The van der Waals surface area contributed by atoms with Gasteiger partial charge in [-0.05, 0) is 30.2 Å². The van der Waals surface area contributed by atoms with Gasteiger partial charge in [-0.15, -0.1) is 0 Å². The van der Waals surface area contributed by atoms with Crippen molar-refractivity contribution in [3.05, 3.63) is 35.8 Å². The summed E-state index contributed by atoms with van der Waals surface area (Å²) < 4.78 is 13.3. The highest BCUT2D eigenvalue weighted by molar-refractivity contribution is 5.93. The van der Waals surface area contributed by atoms with E-state index in [9.17, 15) is 4.39 Å². The summed E-state index contributed by atoms with van der Waals surface area (Å²) in [5.74, 6) is 0.173. The first-order valence-electron chi connectivity index (χ1n) is 6.54. The molecular formula is C14H19FN6. The van der Waals surface area contributed by atoms with Crippen LogP contribution in [-0.4, -0.2) is 42.4 Å². The molecule has 2 aromatic rings. The standard InChI is InChI=1S/C14H19FN6/c1-21(2)14(17)20-13(16)18-6-5-9-8-19-12-4-3-10(15)7-11(9)12/h3-4,7-8,19H,5-6H2,1-2H3,(H4,16,17,18,20). The lowest BCUT2D eigenvalue weighted by atomic mass is 10.1. The largest absolute Gasteiger partial charge is 0.369 e. The number of aliphatic imine (C=N–C) groups is 2. The Morgan fingerprint density at radius 1 is 1.33 bits per heavy atom. The van der Waals surface area contributed by atoms with Crippen molar-refractivity contribution >= 4 is 22.8 Å². The Bertz CT molecular complexity index is 686. The van der Waals surface area contributed by atoms with Gasteiger partial charge in [0.15, 0.2) is 5.96 Å². The zero-order chi connectivity index (χ0) is 15.4. The fraction of sp³-hybridized carbons (Fsp3) is 0.286. The van der Waals surface area contributed by atoms with E-state index >= 15 is 0 Å². The van der Waals surface area contributed by atoms with E-state index in [2.05, 4.69) is 15.0 Å². The van der Waals surface area contributed by atoms with Crippen molar-refractivity contribution < 1.29 is 4.39 Å². The monoisotopic (exact) mass is 290 g/mol. The number of rotatable bonds is 3. The lowest BCUT2D eigenvalue weighted by Crippen LogP contribution is -2.32. The normalized spacial score (nSPS) is 12.9. The number of nitrogens with zero attached hydrogens (tertiary/aromatic N) is 3. The smallest absolute Gasteiger partial charge is 0.218 e. The number of H-pyrrole nitrogens is 1. The Kier molecular flexibility index (Phi) is 4.42. The molecule has 2 rings (SSSR count). The Morgan fingerprint density at radius 3 is 2.81 bits per heavy atom. The van der Waals surface area contributed by atoms with Gasteiger partial charge in [-0.3, -0.25) is 4.99 Å². The van der Waals surface area contributed by atoms with Gasteiger partial charge in [0.1, 0.15) is 5.82 Å². The molecule has 0 amide bonds. The number of nitrogens with two attached hydrogens (primary N) is 2. The predicted molar refractivity (Wildman–Crippen MR) is 83.8 cm³/mol. The Hall–Kier alpha value is -2.57. The number of benzene rings is 1. The van der Waals surface area contributed by atoms with E-state index in [0.717, 1.165) is 16.5 Å². The fourth-order valence-corrected chi connectivity index (χ4v) is 1.90. The van der Waals surface area contributed by atoms with Crippen LogP contribution in [0.2, 0.25) is 0 Å². The summed E-state index contributed by atoms with van der Waals surface area (Å²) in [6.45, 7) is 0.458. The summed E-state index contributed by atoms with van der Waals surface area (Å²) in [5, 5.41) is 0.861. The van der Waals surface area contributed by atoms with Gasteiger partial charge in [0.05, 0.1) is 0 Å². The minimum Gasteiger partial charge on any atom is -0.369 e. The molecule has 112 valence electrons. The second kappa shape index (κ2) is 6.25. The maximum Gasteiger partial charge on any atom is 0.218 e. The third-order valence-electron chi connectivity index (χ3n) is 3.07. The van der Waals surface area contributed by atoms with E-state index in [4.69, 9.17) is 11.5 Å². The van der Waals surface area contributed by atoms with Gasteiger partial charge in [0.2, 0.25) is 5.96 Å². The number of halogens is 1. The molecule has 0 spiro atoms. The summed E-state index contributed by atoms with van der Waals surface area (Å²) in [5.41, 5.74) is 13.2. The third-order valence-corrected chi connectivity index (χ3v) is 3.07. The SMILES string of the molecule is CN(C)C(N)=NC(N)=NCCc1c[nH]c2ccc(F)cc12. The van der Waals surface area contributed by atoms with Gasteiger partial charge in [0, 0.05) is 37.7 Å². The molecule has 1 aromatic carbocycles. The molecule has 0 saturated carbocycles. The number of aromatic nitrogens is 1. The van der Waals surface area contributed by atoms with Crippen LogP contribution in [-0.2, 0) is 6.42 Å². The lowest BCUT2D eigenvalue weighted by Gasteiger charge is -2.09. The number of hydrogen-bond acceptors (Lipinski definition) is 1. The number of aromatic amines is 1. The van der Waals surface area contributed by atoms with Crippen molar-refractivity contribution in [3.63, 3.8) is 0 Å². The summed E-state index contributed by atoms with van der Waals surface area (Å²) in [4.78, 5) is 12.8. The van der Waals surface area contributed by atoms with E-state index < -0.39 is 0 Å². The van der Waals surface area contributed by atoms with E-state index in [0.29, 0.717) is 18.9 Å². The molecule has 0 aliphatic carbocycles. The van der Waals surface area contributed by atoms with Gasteiger partial charge >= 0.3 is 0 Å². The average molecular weight is 290 g/mol. The highest BCUT2D eigenvalue weighted by Crippen LogP contribution is 2.19. The molecule has 0 fully saturated rings. The Morgan fingerprint density at radius 2 is 2.10 bits per heavy atom. The molecule has 5 N–H and O–H groups in total. The molecule has 0 aliphatic heterocycles. The van der Waals surface area contributed by atoms with Gasteiger partial charge in [-0.2, -0.15) is 4.99 Å². The van der Waals surface area contributed by atoms with Gasteiger partial charge < -0.3 is 21.4 Å². The highest BCUT2D eigenvalue weighted by Gasteiger charge is 2.04. The van der Waals surface area contributed by atoms with E-state index in [-0.39, 0.29) is 11.8 Å². The fourth-order valence-electron chi connectivity index (χ4n) is 1.90. The minimum atomic E-state index is -0.255. The first-order chi connectivity index (χ1) is 9.97. The lowest BCUT2D eigenvalue weighted by molar-refractivity contribution is 0.615. The molecule has 0 unspecified atom stereocenters. The van der Waals surface area contributed by atoms with Gasteiger partial charge in [0.25, 0.3) is 0 Å². The first-order valence-corrected chi connectivity index (χ1v) is 6.54. The van der Waals surface area contributed by atoms with Crippen LogP contribution in [0.5, 0.6) is 0 Å². The van der Waals surface area contributed by atoms with E-state index in [1.165, 1.54) is 12.1 Å². The summed E-state index contributed by atoms with van der Waals surface area (Å²) in [6, 6.07) is 4.65. The third kappa shape index (κ3) is 3.71. The quantitative estimate of drug-likeness (QED) is 0.582. The molecule has 0 bridgehead atoms. The van der Waals surface area contributed by atoms with Crippen molar-refractivity contribution in [1.29, 1.82) is 0 Å². The maximum absolute atomic E-state index is 13.3. The summed E-state index contributed by atoms with van der Waals surface area (Å²) in [7, 11) is 3.54. The van der Waals surface area contributed by atoms with Crippen LogP contribution in [0.25, 0.3) is 10.9 Å². The van der Waals surface area contributed by atoms with Crippen LogP contribution in [0.3, 0.4) is 0 Å². The molecule has 0 aliphatic rings. The minimum absolute atomic E-state index is 0.132. The van der Waals surface area contributed by atoms with Crippen LogP contribution < -0.4 is 11.5 Å². The van der Waals surface area contributed by atoms with Crippen LogP contribution in [0, 0.1) is 5.82 Å². The zero-order valence-corrected chi connectivity index (χ0v) is 12.1. The summed E-state index contributed by atoms with van der Waals surface area (Å²) >= 11 is 0. The number of guanidine groups is 2. The first kappa shape index (κ1) is 14.8. The highest BCUT2D eigenvalue weighted by atomic mass is 19.1. The molecule has 0 radical (unpaired) electrons. The molecule has 1 aromatic heterocycles. The molecular weight excluding hydrogens is 271 g/mol. The van der Waals surface area contributed by atoms with Crippen LogP contribution in [0.1, 0.15) is 5.56 Å². The van der Waals surface area contributed by atoms with Crippen LogP contribution >= 0.6 is 0 Å². The average Bonchev–Trinajstić information content (AvgIpc) is 2.81. The van der Waals surface area contributed by atoms with Crippen LogP contribution in [0.15, 0.2) is 34.4 Å². The van der Waals surface area contributed by atoms with Crippen molar-refractivity contribution in [3.8, 4) is 0 Å². The Balaban J connectivity index is 2.05. The van der Waals surface area contributed by atoms with Crippen molar-refractivity contribution in [1.82, 2.24) is 9.88 Å². The second-order valence-electron chi connectivity index (χ2n) is 4.86. The van der Waals surface area contributed by atoms with Crippen molar-refractivity contribution in [2.24, 2.45) is 21.5 Å². The zero-order valence-electron chi connectivity index (χ0n) is 12.1. The molecule has 7 heteroatoms. The molecule has 1 heterocycles. The molecule has 0 saturated heterocycles. The van der Waals surface area contributed by atoms with E-state index in [1.807, 2.05) is 6.20 Å². The predicted octanol–water partition coefficient (Wildman–Crippen LogP) is 1.04. The molecule has 0 atom stereocenters. The number of hydrogen-bond donors (Lipinski definition) is 3. The molecule has 21 heavy (non-hydrogen) atoms. The summed E-state index contributed by atoms with van der Waals surface area (Å²) in [6.07, 6.45) is 2.49. The second-order valence-corrected chi connectivity index (χ2v) is 4.86. The number of nitrogens with one attached hydrogen (secondary N) is 1. The topological polar surface area (TPSA) is 95.8 Å². The van der Waals surface area contributed by atoms with Crippen molar-refractivity contribution in [2.75, 3.05) is 20.6 Å². The van der Waals surface area contributed by atoms with Crippen LogP contribution in [0.4, 0.5) is 4.39 Å². The van der Waals surface area contributed by atoms with E-state index in [1.54, 1.807) is 25.1 Å².